The fourth-order valence-corrected chi connectivity index (χ4v) is 2.80. The molecule has 25 heavy (non-hydrogen) atoms. The molecule has 1 aliphatic rings. The monoisotopic (exact) mass is 340 g/mol. The molecule has 0 aliphatic carbocycles. The molecule has 3 rings (SSSR count). The second kappa shape index (κ2) is 8.42. The van der Waals surface area contributed by atoms with Crippen LogP contribution in [0.4, 0.5) is 4.79 Å². The van der Waals surface area contributed by atoms with Crippen molar-refractivity contribution in [1.29, 1.82) is 0 Å². The zero-order valence-corrected chi connectivity index (χ0v) is 14.5. The van der Waals surface area contributed by atoms with Crippen LogP contribution in [0, 0.1) is 6.92 Å². The lowest BCUT2D eigenvalue weighted by Crippen LogP contribution is -2.44. The van der Waals surface area contributed by atoms with Crippen molar-refractivity contribution in [3.05, 3.63) is 59.7 Å². The highest BCUT2D eigenvalue weighted by atomic mass is 16.6. The highest BCUT2D eigenvalue weighted by Gasteiger charge is 2.20. The Hall–Kier alpha value is -2.69. The summed E-state index contributed by atoms with van der Waals surface area (Å²) in [5, 5.41) is 5.72. The summed E-state index contributed by atoms with van der Waals surface area (Å²) in [6.45, 7) is 3.60. The Bertz CT molecular complexity index is 718. The third kappa shape index (κ3) is 4.89. The average molecular weight is 340 g/mol. The van der Waals surface area contributed by atoms with E-state index in [-0.39, 0.29) is 12.1 Å². The maximum atomic E-state index is 11.9. The standard InChI is InChI=1S/C20H24N2O3/c1-15-7-2-3-8-16(15)9-6-12-21-20(23)22-13-17-14-24-18-10-4-5-11-19(18)25-17/h2-5,7-8,10-11,17H,6,9,12-14H2,1H3,(H2,21,22,23). The van der Waals surface area contributed by atoms with Crippen LogP contribution in [0.1, 0.15) is 17.5 Å². The Morgan fingerprint density at radius 2 is 1.84 bits per heavy atom. The first-order chi connectivity index (χ1) is 12.2. The highest BCUT2D eigenvalue weighted by molar-refractivity contribution is 5.73. The molecule has 1 aliphatic heterocycles. The van der Waals surface area contributed by atoms with Crippen molar-refractivity contribution < 1.29 is 14.3 Å². The summed E-state index contributed by atoms with van der Waals surface area (Å²) in [4.78, 5) is 11.9. The van der Waals surface area contributed by atoms with Gasteiger partial charge in [-0.2, -0.15) is 0 Å². The number of ether oxygens (including phenoxy) is 2. The molecular weight excluding hydrogens is 316 g/mol. The van der Waals surface area contributed by atoms with Gasteiger partial charge in [-0.15, -0.1) is 0 Å². The quantitative estimate of drug-likeness (QED) is 0.795. The first-order valence-electron chi connectivity index (χ1n) is 8.67. The van der Waals surface area contributed by atoms with Gasteiger partial charge < -0.3 is 20.1 Å². The molecule has 1 atom stereocenters. The molecule has 2 amide bonds. The number of carbonyl (C=O) groups is 1. The second-order valence-electron chi connectivity index (χ2n) is 6.16. The van der Waals surface area contributed by atoms with Gasteiger partial charge in [-0.05, 0) is 43.0 Å². The molecule has 0 saturated heterocycles. The summed E-state index contributed by atoms with van der Waals surface area (Å²) in [5.74, 6) is 1.47. The minimum Gasteiger partial charge on any atom is -0.486 e. The number of nitrogens with one attached hydrogen (secondary N) is 2. The number of carbonyl (C=O) groups excluding carboxylic acids is 1. The zero-order valence-electron chi connectivity index (χ0n) is 14.5. The summed E-state index contributed by atoms with van der Waals surface area (Å²) in [6, 6.07) is 15.7. The van der Waals surface area contributed by atoms with Crippen LogP contribution in [0.2, 0.25) is 0 Å². The van der Waals surface area contributed by atoms with Crippen LogP contribution in [0.15, 0.2) is 48.5 Å². The Morgan fingerprint density at radius 1 is 1.08 bits per heavy atom. The van der Waals surface area contributed by atoms with Crippen molar-refractivity contribution >= 4 is 6.03 Å². The van der Waals surface area contributed by atoms with Gasteiger partial charge in [0.2, 0.25) is 0 Å². The number of hydrogen-bond donors (Lipinski definition) is 2. The fraction of sp³-hybridized carbons (Fsp3) is 0.350. The van der Waals surface area contributed by atoms with Gasteiger partial charge in [0.15, 0.2) is 17.6 Å². The van der Waals surface area contributed by atoms with E-state index in [9.17, 15) is 4.79 Å². The number of aryl methyl sites for hydroxylation is 2. The number of hydrogen-bond acceptors (Lipinski definition) is 3. The van der Waals surface area contributed by atoms with Gasteiger partial charge in [-0.25, -0.2) is 4.79 Å². The summed E-state index contributed by atoms with van der Waals surface area (Å²) >= 11 is 0. The Kier molecular flexibility index (Phi) is 5.77. The van der Waals surface area contributed by atoms with Crippen LogP contribution < -0.4 is 20.1 Å². The molecule has 1 unspecified atom stereocenters. The molecule has 2 aromatic carbocycles. The molecule has 2 N–H and O–H groups in total. The first-order valence-corrected chi connectivity index (χ1v) is 8.67. The van der Waals surface area contributed by atoms with Gasteiger partial charge in [0.25, 0.3) is 0 Å². The number of para-hydroxylation sites is 2. The van der Waals surface area contributed by atoms with Crippen molar-refractivity contribution in [1.82, 2.24) is 10.6 Å². The summed E-state index contributed by atoms with van der Waals surface area (Å²) < 4.78 is 11.4. The topological polar surface area (TPSA) is 59.6 Å². The number of urea groups is 1. The van der Waals surface area contributed by atoms with Crippen LogP contribution in [0.3, 0.4) is 0 Å². The number of fused-ring (bicyclic) bond motifs is 1. The molecule has 5 nitrogen and oxygen atoms in total. The molecule has 5 heteroatoms. The van der Waals surface area contributed by atoms with Gasteiger partial charge in [0, 0.05) is 6.54 Å². The highest BCUT2D eigenvalue weighted by Crippen LogP contribution is 2.30. The maximum Gasteiger partial charge on any atom is 0.314 e. The van der Waals surface area contributed by atoms with Crippen LogP contribution in [0.5, 0.6) is 11.5 Å². The summed E-state index contributed by atoms with van der Waals surface area (Å²) in [7, 11) is 0. The lowest BCUT2D eigenvalue weighted by atomic mass is 10.0. The van der Waals surface area contributed by atoms with Gasteiger partial charge in [0.05, 0.1) is 6.54 Å². The van der Waals surface area contributed by atoms with E-state index >= 15 is 0 Å². The summed E-state index contributed by atoms with van der Waals surface area (Å²) in [6.07, 6.45) is 1.70. The summed E-state index contributed by atoms with van der Waals surface area (Å²) in [5.41, 5.74) is 2.62. The number of amides is 2. The first kappa shape index (κ1) is 17.1. The van der Waals surface area contributed by atoms with Gasteiger partial charge in [-0.1, -0.05) is 36.4 Å². The number of benzene rings is 2. The minimum absolute atomic E-state index is 0.174. The minimum atomic E-state index is -0.174. The predicted octanol–water partition coefficient (Wildman–Crippen LogP) is 3.07. The Labute approximate surface area is 148 Å². The van der Waals surface area contributed by atoms with E-state index in [0.29, 0.717) is 19.7 Å². The molecule has 1 heterocycles. The van der Waals surface area contributed by atoms with Gasteiger partial charge in [0.1, 0.15) is 6.61 Å². The van der Waals surface area contributed by atoms with Crippen LogP contribution in [0.25, 0.3) is 0 Å². The molecule has 0 saturated carbocycles. The van der Waals surface area contributed by atoms with Crippen molar-refractivity contribution in [2.24, 2.45) is 0 Å². The SMILES string of the molecule is Cc1ccccc1CCCNC(=O)NCC1COc2ccccc2O1. The van der Waals surface area contributed by atoms with Crippen LogP contribution in [-0.4, -0.2) is 31.8 Å². The second-order valence-corrected chi connectivity index (χ2v) is 6.16. The van der Waals surface area contributed by atoms with Crippen molar-refractivity contribution in [2.75, 3.05) is 19.7 Å². The molecule has 2 aromatic rings. The fourth-order valence-electron chi connectivity index (χ4n) is 2.80. The van der Waals surface area contributed by atoms with E-state index in [1.165, 1.54) is 11.1 Å². The van der Waals surface area contributed by atoms with Crippen LogP contribution >= 0.6 is 0 Å². The molecule has 0 spiro atoms. The molecule has 0 aromatic heterocycles. The van der Waals surface area contributed by atoms with E-state index in [1.807, 2.05) is 36.4 Å². The largest absolute Gasteiger partial charge is 0.486 e. The van der Waals surface area contributed by atoms with Gasteiger partial charge in [-0.3, -0.25) is 0 Å². The molecule has 0 bridgehead atoms. The van der Waals surface area contributed by atoms with E-state index in [4.69, 9.17) is 9.47 Å². The third-order valence-corrected chi connectivity index (χ3v) is 4.23. The van der Waals surface area contributed by atoms with E-state index in [1.54, 1.807) is 0 Å². The molecule has 0 fully saturated rings. The van der Waals surface area contributed by atoms with Gasteiger partial charge >= 0.3 is 6.03 Å². The normalized spacial score (nSPS) is 15.5. The Morgan fingerprint density at radius 3 is 2.68 bits per heavy atom. The van der Waals surface area contributed by atoms with Crippen molar-refractivity contribution in [3.8, 4) is 11.5 Å². The lowest BCUT2D eigenvalue weighted by Gasteiger charge is -2.26. The molecule has 132 valence electrons. The zero-order chi connectivity index (χ0) is 17.5. The maximum absolute atomic E-state index is 11.9. The van der Waals surface area contributed by atoms with E-state index < -0.39 is 0 Å². The predicted molar refractivity (Wildman–Crippen MR) is 97.3 cm³/mol. The number of rotatable bonds is 6. The lowest BCUT2D eigenvalue weighted by molar-refractivity contribution is 0.0918. The van der Waals surface area contributed by atoms with E-state index in [2.05, 4.69) is 29.7 Å². The van der Waals surface area contributed by atoms with Crippen molar-refractivity contribution in [2.45, 2.75) is 25.9 Å². The Balaban J connectivity index is 1.33. The van der Waals surface area contributed by atoms with Crippen molar-refractivity contribution in [3.63, 3.8) is 0 Å². The molecular formula is C20H24N2O3. The molecule has 0 radical (unpaired) electrons. The third-order valence-electron chi connectivity index (χ3n) is 4.23. The van der Waals surface area contributed by atoms with Crippen LogP contribution in [-0.2, 0) is 6.42 Å². The smallest absolute Gasteiger partial charge is 0.314 e. The average Bonchev–Trinajstić information content (AvgIpc) is 2.64. The van der Waals surface area contributed by atoms with E-state index in [0.717, 1.165) is 24.3 Å².